The van der Waals surface area contributed by atoms with Crippen LogP contribution in [0.1, 0.15) is 46.0 Å². The molecule has 0 saturated carbocycles. The topological polar surface area (TPSA) is 35.5 Å². The molecule has 0 spiro atoms. The summed E-state index contributed by atoms with van der Waals surface area (Å²) in [6, 6.07) is 0.292. The summed E-state index contributed by atoms with van der Waals surface area (Å²) in [4.78, 5) is 2.57. The van der Waals surface area contributed by atoms with Gasteiger partial charge in [0.25, 0.3) is 0 Å². The Balaban J connectivity index is 2.12. The van der Waals surface area contributed by atoms with Gasteiger partial charge in [-0.15, -0.1) is 0 Å². The molecule has 102 valence electrons. The van der Waals surface area contributed by atoms with E-state index in [-0.39, 0.29) is 6.61 Å². The molecule has 0 aromatic rings. The van der Waals surface area contributed by atoms with Crippen LogP contribution in [-0.4, -0.2) is 48.8 Å². The lowest BCUT2D eigenvalue weighted by atomic mass is 10.0. The maximum absolute atomic E-state index is 9.28. The average molecular weight is 242 g/mol. The zero-order valence-electron chi connectivity index (χ0n) is 11.6. The van der Waals surface area contributed by atoms with Crippen molar-refractivity contribution in [1.82, 2.24) is 10.2 Å². The number of nitrogens with one attached hydrogen (secondary N) is 1. The van der Waals surface area contributed by atoms with Gasteiger partial charge in [0.1, 0.15) is 0 Å². The van der Waals surface area contributed by atoms with Crippen LogP contribution in [0.25, 0.3) is 0 Å². The Labute approximate surface area is 107 Å². The lowest BCUT2D eigenvalue weighted by Crippen LogP contribution is -2.36. The zero-order valence-corrected chi connectivity index (χ0v) is 11.6. The summed E-state index contributed by atoms with van der Waals surface area (Å²) < 4.78 is 0. The van der Waals surface area contributed by atoms with Gasteiger partial charge in [0.2, 0.25) is 0 Å². The Bertz CT molecular complexity index is 187. The Morgan fingerprint density at radius 3 is 2.82 bits per heavy atom. The Kier molecular flexibility index (Phi) is 7.82. The van der Waals surface area contributed by atoms with Crippen molar-refractivity contribution >= 4 is 0 Å². The largest absolute Gasteiger partial charge is 0.395 e. The number of aliphatic hydroxyl groups excluding tert-OH is 1. The normalized spacial score (nSPS) is 23.1. The second kappa shape index (κ2) is 8.90. The summed E-state index contributed by atoms with van der Waals surface area (Å²) in [5.41, 5.74) is 0. The number of aliphatic hydroxyl groups is 1. The lowest BCUT2D eigenvalue weighted by molar-refractivity contribution is 0.215. The second-order valence-corrected chi connectivity index (χ2v) is 5.37. The van der Waals surface area contributed by atoms with Gasteiger partial charge in [-0.1, -0.05) is 20.3 Å². The van der Waals surface area contributed by atoms with Gasteiger partial charge in [-0.25, -0.2) is 0 Å². The summed E-state index contributed by atoms with van der Waals surface area (Å²) in [7, 11) is 0. The van der Waals surface area contributed by atoms with E-state index in [0.29, 0.717) is 6.04 Å². The second-order valence-electron chi connectivity index (χ2n) is 5.37. The van der Waals surface area contributed by atoms with E-state index in [2.05, 4.69) is 24.1 Å². The van der Waals surface area contributed by atoms with Gasteiger partial charge in [-0.05, 0) is 51.2 Å². The molecule has 3 heteroatoms. The van der Waals surface area contributed by atoms with Gasteiger partial charge in [0.05, 0.1) is 6.61 Å². The first kappa shape index (κ1) is 14.9. The van der Waals surface area contributed by atoms with Gasteiger partial charge < -0.3 is 15.3 Å². The lowest BCUT2D eigenvalue weighted by Gasteiger charge is -2.21. The van der Waals surface area contributed by atoms with Gasteiger partial charge >= 0.3 is 0 Å². The van der Waals surface area contributed by atoms with Crippen molar-refractivity contribution in [2.75, 3.05) is 32.8 Å². The third-order valence-corrected chi connectivity index (χ3v) is 3.76. The van der Waals surface area contributed by atoms with E-state index in [1.807, 2.05) is 0 Å². The van der Waals surface area contributed by atoms with E-state index in [1.54, 1.807) is 0 Å². The monoisotopic (exact) mass is 242 g/mol. The minimum absolute atomic E-state index is 0.270. The molecule has 2 N–H and O–H groups in total. The number of nitrogens with zero attached hydrogens (tertiary/aromatic N) is 1. The van der Waals surface area contributed by atoms with Crippen molar-refractivity contribution in [3.63, 3.8) is 0 Å². The van der Waals surface area contributed by atoms with Crippen molar-refractivity contribution in [2.24, 2.45) is 5.92 Å². The molecule has 2 atom stereocenters. The van der Waals surface area contributed by atoms with Crippen LogP contribution >= 0.6 is 0 Å². The minimum Gasteiger partial charge on any atom is -0.395 e. The summed E-state index contributed by atoms with van der Waals surface area (Å²) in [5.74, 6) is 0.927. The third-order valence-electron chi connectivity index (χ3n) is 3.76. The highest BCUT2D eigenvalue weighted by atomic mass is 16.3. The maximum Gasteiger partial charge on any atom is 0.0585 e. The third kappa shape index (κ3) is 5.84. The fraction of sp³-hybridized carbons (Fsp3) is 1.00. The van der Waals surface area contributed by atoms with Crippen molar-refractivity contribution in [2.45, 2.75) is 52.0 Å². The minimum atomic E-state index is 0.270. The average Bonchev–Trinajstić information content (AvgIpc) is 2.78. The molecule has 1 fully saturated rings. The van der Waals surface area contributed by atoms with E-state index < -0.39 is 0 Å². The van der Waals surface area contributed by atoms with Crippen LogP contribution in [0.2, 0.25) is 0 Å². The number of rotatable bonds is 9. The molecule has 17 heavy (non-hydrogen) atoms. The van der Waals surface area contributed by atoms with E-state index >= 15 is 0 Å². The molecule has 0 aliphatic carbocycles. The first-order chi connectivity index (χ1) is 8.30. The highest BCUT2D eigenvalue weighted by molar-refractivity contribution is 4.77. The van der Waals surface area contributed by atoms with E-state index in [1.165, 1.54) is 32.4 Å². The van der Waals surface area contributed by atoms with Gasteiger partial charge in [-0.2, -0.15) is 0 Å². The highest BCUT2D eigenvalue weighted by Crippen LogP contribution is 2.20. The molecule has 0 radical (unpaired) electrons. The van der Waals surface area contributed by atoms with Crippen LogP contribution in [-0.2, 0) is 0 Å². The molecule has 0 bridgehead atoms. The van der Waals surface area contributed by atoms with E-state index in [0.717, 1.165) is 31.8 Å². The van der Waals surface area contributed by atoms with Crippen molar-refractivity contribution < 1.29 is 5.11 Å². The number of hydrogen-bond acceptors (Lipinski definition) is 3. The fourth-order valence-electron chi connectivity index (χ4n) is 2.70. The first-order valence-electron chi connectivity index (χ1n) is 7.36. The highest BCUT2D eigenvalue weighted by Gasteiger charge is 2.21. The summed E-state index contributed by atoms with van der Waals surface area (Å²) in [6.45, 7) is 9.41. The Morgan fingerprint density at radius 1 is 1.35 bits per heavy atom. The van der Waals surface area contributed by atoms with Crippen molar-refractivity contribution in [3.8, 4) is 0 Å². The Morgan fingerprint density at radius 2 is 2.18 bits per heavy atom. The van der Waals surface area contributed by atoms with E-state index in [9.17, 15) is 5.11 Å². The molecule has 2 unspecified atom stereocenters. The summed E-state index contributed by atoms with van der Waals surface area (Å²) >= 11 is 0. The number of hydrogen-bond donors (Lipinski definition) is 2. The molecule has 1 aliphatic heterocycles. The van der Waals surface area contributed by atoms with Crippen LogP contribution in [0.3, 0.4) is 0 Å². The molecule has 1 saturated heterocycles. The van der Waals surface area contributed by atoms with E-state index in [4.69, 9.17) is 0 Å². The molecule has 0 aromatic heterocycles. The first-order valence-corrected chi connectivity index (χ1v) is 7.36. The summed E-state index contributed by atoms with van der Waals surface area (Å²) in [5, 5.41) is 12.7. The quantitative estimate of drug-likeness (QED) is 0.648. The summed E-state index contributed by atoms with van der Waals surface area (Å²) in [6.07, 6.45) is 6.29. The smallest absolute Gasteiger partial charge is 0.0585 e. The number of likely N-dealkylation sites (tertiary alicyclic amines) is 1. The van der Waals surface area contributed by atoms with Gasteiger partial charge in [-0.3, -0.25) is 0 Å². The molecule has 0 aromatic carbocycles. The fourth-order valence-corrected chi connectivity index (χ4v) is 2.70. The SMILES string of the molecule is CCCNC(CO)CCN1CCC(CCC)C1. The van der Waals surface area contributed by atoms with Crippen molar-refractivity contribution in [3.05, 3.63) is 0 Å². The van der Waals surface area contributed by atoms with Gasteiger partial charge in [0.15, 0.2) is 0 Å². The Hall–Kier alpha value is -0.120. The molecule has 1 heterocycles. The van der Waals surface area contributed by atoms with Crippen LogP contribution < -0.4 is 5.32 Å². The van der Waals surface area contributed by atoms with Crippen molar-refractivity contribution in [1.29, 1.82) is 0 Å². The van der Waals surface area contributed by atoms with Crippen LogP contribution in [0.15, 0.2) is 0 Å². The predicted octanol–water partition coefficient (Wildman–Crippen LogP) is 1.86. The van der Waals surface area contributed by atoms with Gasteiger partial charge in [0, 0.05) is 12.6 Å². The standard InChI is InChI=1S/C14H30N2O/c1-3-5-13-6-9-16(11-13)10-7-14(12-17)15-8-4-2/h13-15,17H,3-12H2,1-2H3. The molecule has 3 nitrogen and oxygen atoms in total. The van der Waals surface area contributed by atoms with Crippen LogP contribution in [0.5, 0.6) is 0 Å². The molecular weight excluding hydrogens is 212 g/mol. The molecule has 0 amide bonds. The van der Waals surface area contributed by atoms with Crippen LogP contribution in [0.4, 0.5) is 0 Å². The molecule has 1 aliphatic rings. The predicted molar refractivity (Wildman–Crippen MR) is 73.2 cm³/mol. The zero-order chi connectivity index (χ0) is 12.5. The maximum atomic E-state index is 9.28. The van der Waals surface area contributed by atoms with Crippen LogP contribution in [0, 0.1) is 5.92 Å². The molecule has 1 rings (SSSR count). The molecular formula is C14H30N2O.